The molecule has 0 spiro atoms. The Morgan fingerprint density at radius 3 is 2.52 bits per heavy atom. The molecular weight excluding hydrogens is 364 g/mol. The zero-order chi connectivity index (χ0) is 18.2. The topological polar surface area (TPSA) is 95.0 Å². The summed E-state index contributed by atoms with van der Waals surface area (Å²) in [7, 11) is -3.45. The van der Waals surface area contributed by atoms with Crippen molar-refractivity contribution in [2.24, 2.45) is 5.41 Å². The van der Waals surface area contributed by atoms with Gasteiger partial charge in [-0.3, -0.25) is 9.59 Å². The number of amides is 1. The molecule has 1 atom stereocenters. The molecule has 1 N–H and O–H groups in total. The first kappa shape index (κ1) is 18.3. The second-order valence-electron chi connectivity index (χ2n) is 6.94. The highest BCUT2D eigenvalue weighted by Crippen LogP contribution is 2.32. The number of carbonyl (C=O) groups excluding carboxylic acids is 1. The van der Waals surface area contributed by atoms with Crippen molar-refractivity contribution in [2.75, 3.05) is 26.2 Å². The standard InChI is InChI=1S/C16H22N2O5S2/c1-16(15(20)21)6-9-17(11-16)13(19)10-12-4-5-14(24-12)25(22,23)18-7-2-3-8-18/h4-5H,2-3,6-11H2,1H3,(H,20,21). The minimum atomic E-state index is -3.45. The van der Waals surface area contributed by atoms with Crippen molar-refractivity contribution in [1.82, 2.24) is 9.21 Å². The molecule has 2 aliphatic heterocycles. The second kappa shape index (κ2) is 6.69. The maximum absolute atomic E-state index is 12.5. The molecule has 9 heteroatoms. The molecule has 0 radical (unpaired) electrons. The molecule has 3 heterocycles. The van der Waals surface area contributed by atoms with Crippen molar-refractivity contribution < 1.29 is 23.1 Å². The molecule has 0 saturated carbocycles. The molecule has 0 aliphatic carbocycles. The Morgan fingerprint density at radius 1 is 1.24 bits per heavy atom. The summed E-state index contributed by atoms with van der Waals surface area (Å²) in [5.41, 5.74) is -0.893. The van der Waals surface area contributed by atoms with Gasteiger partial charge in [0.1, 0.15) is 4.21 Å². The fourth-order valence-electron chi connectivity index (χ4n) is 3.26. The minimum Gasteiger partial charge on any atom is -0.481 e. The lowest BCUT2D eigenvalue weighted by atomic mass is 9.90. The Labute approximate surface area is 151 Å². The number of likely N-dealkylation sites (tertiary alicyclic amines) is 1. The molecule has 0 bridgehead atoms. The minimum absolute atomic E-state index is 0.107. The summed E-state index contributed by atoms with van der Waals surface area (Å²) in [6, 6.07) is 3.24. The van der Waals surface area contributed by atoms with Crippen LogP contribution in [0.25, 0.3) is 0 Å². The highest BCUT2D eigenvalue weighted by atomic mass is 32.2. The van der Waals surface area contributed by atoms with Gasteiger partial charge in [-0.2, -0.15) is 4.31 Å². The van der Waals surface area contributed by atoms with Gasteiger partial charge in [-0.05, 0) is 38.3 Å². The second-order valence-corrected chi connectivity index (χ2v) is 10.3. The fraction of sp³-hybridized carbons (Fsp3) is 0.625. The van der Waals surface area contributed by atoms with Crippen molar-refractivity contribution >= 4 is 33.2 Å². The third-order valence-electron chi connectivity index (χ3n) is 4.96. The van der Waals surface area contributed by atoms with Gasteiger partial charge in [-0.15, -0.1) is 11.3 Å². The number of aliphatic carboxylic acids is 1. The van der Waals surface area contributed by atoms with Gasteiger partial charge < -0.3 is 10.0 Å². The fourth-order valence-corrected chi connectivity index (χ4v) is 6.28. The van der Waals surface area contributed by atoms with E-state index in [4.69, 9.17) is 0 Å². The Kier molecular flexibility index (Phi) is 4.91. The molecule has 1 unspecified atom stereocenters. The quantitative estimate of drug-likeness (QED) is 0.825. The molecule has 138 valence electrons. The molecule has 2 aliphatic rings. The number of thiophene rings is 1. The number of sulfonamides is 1. The van der Waals surface area contributed by atoms with Crippen LogP contribution in [0.3, 0.4) is 0 Å². The van der Waals surface area contributed by atoms with Gasteiger partial charge in [0.2, 0.25) is 5.91 Å². The largest absolute Gasteiger partial charge is 0.481 e. The van der Waals surface area contributed by atoms with Crippen LogP contribution in [-0.2, 0) is 26.0 Å². The number of carboxylic acid groups (broad SMARTS) is 1. The Hall–Kier alpha value is -1.45. The van der Waals surface area contributed by atoms with Crippen LogP contribution in [0.2, 0.25) is 0 Å². The van der Waals surface area contributed by atoms with Gasteiger partial charge in [-0.25, -0.2) is 8.42 Å². The molecule has 1 amide bonds. The van der Waals surface area contributed by atoms with Crippen LogP contribution in [0.4, 0.5) is 0 Å². The molecule has 1 aromatic heterocycles. The molecule has 7 nitrogen and oxygen atoms in total. The number of hydrogen-bond donors (Lipinski definition) is 1. The smallest absolute Gasteiger partial charge is 0.311 e. The van der Waals surface area contributed by atoms with Crippen LogP contribution in [-0.4, -0.2) is 60.8 Å². The van der Waals surface area contributed by atoms with Crippen LogP contribution in [0, 0.1) is 5.41 Å². The summed E-state index contributed by atoms with van der Waals surface area (Å²) in [5.74, 6) is -1.05. The van der Waals surface area contributed by atoms with E-state index < -0.39 is 21.4 Å². The van der Waals surface area contributed by atoms with Gasteiger partial charge in [-0.1, -0.05) is 0 Å². The average molecular weight is 386 g/mol. The molecule has 1 aromatic rings. The van der Waals surface area contributed by atoms with Gasteiger partial charge in [0.25, 0.3) is 10.0 Å². The molecule has 3 rings (SSSR count). The van der Waals surface area contributed by atoms with E-state index in [1.807, 2.05) is 0 Å². The van der Waals surface area contributed by atoms with Crippen LogP contribution in [0.1, 0.15) is 31.1 Å². The average Bonchev–Trinajstić information content (AvgIpc) is 3.28. The number of rotatable bonds is 5. The van der Waals surface area contributed by atoms with Crippen molar-refractivity contribution in [3.8, 4) is 0 Å². The Balaban J connectivity index is 1.66. The van der Waals surface area contributed by atoms with E-state index in [1.165, 1.54) is 4.31 Å². The summed E-state index contributed by atoms with van der Waals surface area (Å²) >= 11 is 1.13. The molecule has 2 fully saturated rings. The van der Waals surface area contributed by atoms with Crippen LogP contribution >= 0.6 is 11.3 Å². The Bertz CT molecular complexity index is 782. The summed E-state index contributed by atoms with van der Waals surface area (Å²) in [6.07, 6.45) is 2.31. The summed E-state index contributed by atoms with van der Waals surface area (Å²) in [5, 5.41) is 9.25. The first-order chi connectivity index (χ1) is 11.7. The van der Waals surface area contributed by atoms with Gasteiger partial charge in [0.05, 0.1) is 11.8 Å². The lowest BCUT2D eigenvalue weighted by molar-refractivity contribution is -0.147. The lowest BCUT2D eigenvalue weighted by Gasteiger charge is -2.20. The van der Waals surface area contributed by atoms with Crippen LogP contribution < -0.4 is 0 Å². The first-order valence-corrected chi connectivity index (χ1v) is 10.6. The van der Waals surface area contributed by atoms with Crippen LogP contribution in [0.5, 0.6) is 0 Å². The lowest BCUT2D eigenvalue weighted by Crippen LogP contribution is -2.35. The van der Waals surface area contributed by atoms with E-state index in [2.05, 4.69) is 0 Å². The summed E-state index contributed by atoms with van der Waals surface area (Å²) < 4.78 is 26.8. The molecular formula is C16H22N2O5S2. The Morgan fingerprint density at radius 2 is 1.92 bits per heavy atom. The molecule has 2 saturated heterocycles. The van der Waals surface area contributed by atoms with Crippen molar-refractivity contribution in [1.29, 1.82) is 0 Å². The van der Waals surface area contributed by atoms with E-state index in [0.29, 0.717) is 30.9 Å². The van der Waals surface area contributed by atoms with Crippen molar-refractivity contribution in [3.05, 3.63) is 17.0 Å². The summed E-state index contributed by atoms with van der Waals surface area (Å²) in [4.78, 5) is 25.9. The highest BCUT2D eigenvalue weighted by Gasteiger charge is 2.42. The third kappa shape index (κ3) is 3.58. The van der Waals surface area contributed by atoms with Crippen LogP contribution in [0.15, 0.2) is 16.3 Å². The van der Waals surface area contributed by atoms with Crippen molar-refractivity contribution in [3.63, 3.8) is 0 Å². The third-order valence-corrected chi connectivity index (χ3v) is 8.42. The number of carboxylic acids is 1. The first-order valence-electron chi connectivity index (χ1n) is 8.32. The number of carbonyl (C=O) groups is 2. The normalized spacial score (nSPS) is 24.8. The zero-order valence-electron chi connectivity index (χ0n) is 14.1. The predicted octanol–water partition coefficient (Wildman–Crippen LogP) is 1.40. The zero-order valence-corrected chi connectivity index (χ0v) is 15.7. The van der Waals surface area contributed by atoms with E-state index >= 15 is 0 Å². The van der Waals surface area contributed by atoms with E-state index in [9.17, 15) is 23.1 Å². The van der Waals surface area contributed by atoms with E-state index in [1.54, 1.807) is 24.0 Å². The molecule has 0 aromatic carbocycles. The number of nitrogens with zero attached hydrogens (tertiary/aromatic N) is 2. The number of hydrogen-bond acceptors (Lipinski definition) is 5. The van der Waals surface area contributed by atoms with Crippen molar-refractivity contribution in [2.45, 2.75) is 36.8 Å². The highest BCUT2D eigenvalue weighted by molar-refractivity contribution is 7.91. The monoisotopic (exact) mass is 386 g/mol. The van der Waals surface area contributed by atoms with E-state index in [0.717, 1.165) is 24.2 Å². The van der Waals surface area contributed by atoms with Gasteiger partial charge in [0.15, 0.2) is 0 Å². The molecule has 25 heavy (non-hydrogen) atoms. The maximum Gasteiger partial charge on any atom is 0.311 e. The van der Waals surface area contributed by atoms with Gasteiger partial charge in [0, 0.05) is 31.1 Å². The predicted molar refractivity (Wildman–Crippen MR) is 93.0 cm³/mol. The van der Waals surface area contributed by atoms with Gasteiger partial charge >= 0.3 is 5.97 Å². The SMILES string of the molecule is CC1(C(=O)O)CCN(C(=O)Cc2ccc(S(=O)(=O)N3CCCC3)s2)C1. The maximum atomic E-state index is 12.5. The summed E-state index contributed by atoms with van der Waals surface area (Å²) in [6.45, 7) is 3.37. The van der Waals surface area contributed by atoms with E-state index in [-0.39, 0.29) is 23.1 Å².